The molecule has 0 spiro atoms. The van der Waals surface area contributed by atoms with Crippen molar-refractivity contribution < 1.29 is 4.40 Å². The first-order valence-electron chi connectivity index (χ1n) is 1.69. The highest BCUT2D eigenvalue weighted by molar-refractivity contribution is 7.92. The highest BCUT2D eigenvalue weighted by Gasteiger charge is 1.96. The molecule has 0 aromatic rings. The van der Waals surface area contributed by atoms with Crippen LogP contribution in [0.15, 0.2) is 0 Å². The molecular formula is C3H6NS+. The van der Waals surface area contributed by atoms with Gasteiger partial charge in [0.05, 0.1) is 5.75 Å². The van der Waals surface area contributed by atoms with Crippen LogP contribution in [0.5, 0.6) is 0 Å². The van der Waals surface area contributed by atoms with Crippen molar-refractivity contribution in [2.45, 2.75) is 6.42 Å². The molecule has 0 saturated carbocycles. The predicted octanol–water partition coefficient (Wildman–Crippen LogP) is -0.810. The molecule has 0 aliphatic carbocycles. The Bertz CT molecular complexity index is 44.9. The van der Waals surface area contributed by atoms with Crippen LogP contribution >= 0.6 is 11.9 Å². The van der Waals surface area contributed by atoms with Crippen molar-refractivity contribution >= 4 is 18.2 Å². The molecule has 1 heterocycles. The van der Waals surface area contributed by atoms with E-state index in [1.54, 1.807) is 11.9 Å². The molecule has 1 rings (SSSR count). The zero-order valence-electron chi connectivity index (χ0n) is 2.90. The summed E-state index contributed by atoms with van der Waals surface area (Å²) >= 11 is 1.77. The molecule has 0 atom stereocenters. The molecule has 0 aromatic heterocycles. The maximum absolute atomic E-state index is 3.01. The van der Waals surface area contributed by atoms with E-state index in [9.17, 15) is 0 Å². The molecule has 1 aliphatic heterocycles. The summed E-state index contributed by atoms with van der Waals surface area (Å²) in [5.74, 6) is 1.25. The fraction of sp³-hybridized carbons (Fsp3) is 0.667. The SMILES string of the molecule is C1=[NH+]SCC1. The summed E-state index contributed by atoms with van der Waals surface area (Å²) in [5, 5.41) is 0. The van der Waals surface area contributed by atoms with Gasteiger partial charge in [0.1, 0.15) is 0 Å². The monoisotopic (exact) mass is 88.0 g/mol. The Labute approximate surface area is 35.6 Å². The molecule has 1 aliphatic rings. The van der Waals surface area contributed by atoms with Gasteiger partial charge in [-0.05, 0) is 0 Å². The lowest BCUT2D eigenvalue weighted by atomic mass is 10.6. The minimum absolute atomic E-state index is 1.23. The molecule has 0 radical (unpaired) electrons. The first-order chi connectivity index (χ1) is 2.50. The lowest BCUT2D eigenvalue weighted by molar-refractivity contribution is -0.233. The van der Waals surface area contributed by atoms with Gasteiger partial charge in [0.2, 0.25) is 0 Å². The van der Waals surface area contributed by atoms with Gasteiger partial charge in [-0.25, -0.2) is 0 Å². The molecular weight excluding hydrogens is 82.1 g/mol. The Kier molecular flexibility index (Phi) is 0.937. The summed E-state index contributed by atoms with van der Waals surface area (Å²) < 4.78 is 3.01. The maximum atomic E-state index is 3.01. The fourth-order valence-electron chi connectivity index (χ4n) is 0.295. The number of hydrogen-bond donors (Lipinski definition) is 1. The molecule has 2 heteroatoms. The largest absolute Gasteiger partial charge is 0.183 e. The van der Waals surface area contributed by atoms with Crippen molar-refractivity contribution in [1.29, 1.82) is 0 Å². The van der Waals surface area contributed by atoms with Gasteiger partial charge in [0.25, 0.3) is 0 Å². The van der Waals surface area contributed by atoms with E-state index < -0.39 is 0 Å². The average Bonchev–Trinajstić information content (AvgIpc) is 1.76. The summed E-state index contributed by atoms with van der Waals surface area (Å²) in [6, 6.07) is 0. The minimum atomic E-state index is 1.23. The van der Waals surface area contributed by atoms with Gasteiger partial charge in [0.15, 0.2) is 18.2 Å². The molecule has 0 aromatic carbocycles. The van der Waals surface area contributed by atoms with E-state index in [0.29, 0.717) is 0 Å². The first kappa shape index (κ1) is 3.22. The van der Waals surface area contributed by atoms with E-state index in [-0.39, 0.29) is 0 Å². The summed E-state index contributed by atoms with van der Waals surface area (Å²) in [6.07, 6.45) is 3.30. The van der Waals surface area contributed by atoms with Gasteiger partial charge >= 0.3 is 0 Å². The third kappa shape index (κ3) is 0.651. The van der Waals surface area contributed by atoms with E-state index >= 15 is 0 Å². The van der Waals surface area contributed by atoms with Crippen LogP contribution in [0, 0.1) is 0 Å². The minimum Gasteiger partial charge on any atom is -0.183 e. The summed E-state index contributed by atoms with van der Waals surface area (Å²) in [7, 11) is 0. The van der Waals surface area contributed by atoms with E-state index in [0.717, 1.165) is 0 Å². The van der Waals surface area contributed by atoms with Crippen molar-refractivity contribution in [2.75, 3.05) is 5.75 Å². The highest BCUT2D eigenvalue weighted by atomic mass is 32.2. The second-order valence-corrected chi connectivity index (χ2v) is 1.89. The summed E-state index contributed by atoms with van der Waals surface area (Å²) in [6.45, 7) is 0. The molecule has 1 N–H and O–H groups in total. The van der Waals surface area contributed by atoms with E-state index in [1.165, 1.54) is 12.2 Å². The number of nitrogens with one attached hydrogen (secondary N) is 1. The smallest absolute Gasteiger partial charge is 0.156 e. The topological polar surface area (TPSA) is 14.0 Å². The second-order valence-electron chi connectivity index (χ2n) is 0.959. The third-order valence-corrected chi connectivity index (χ3v) is 1.30. The van der Waals surface area contributed by atoms with Gasteiger partial charge < -0.3 is 0 Å². The number of rotatable bonds is 0. The zero-order chi connectivity index (χ0) is 3.54. The van der Waals surface area contributed by atoms with E-state index in [1.807, 2.05) is 0 Å². The van der Waals surface area contributed by atoms with Crippen LogP contribution in [0.25, 0.3) is 0 Å². The van der Waals surface area contributed by atoms with Crippen LogP contribution in [-0.2, 0) is 0 Å². The Morgan fingerprint density at radius 1 is 1.80 bits per heavy atom. The van der Waals surface area contributed by atoms with Crippen LogP contribution in [0.4, 0.5) is 0 Å². The standard InChI is InChI=1S/C3H5NS/c1-2-4-5-3-1/h2H,1,3H2/p+1. The van der Waals surface area contributed by atoms with Crippen molar-refractivity contribution in [3.05, 3.63) is 0 Å². The van der Waals surface area contributed by atoms with Gasteiger partial charge in [0, 0.05) is 6.42 Å². The quantitative estimate of drug-likeness (QED) is 0.382. The molecule has 1 nitrogen and oxygen atoms in total. The molecule has 0 fully saturated rings. The van der Waals surface area contributed by atoms with E-state index in [4.69, 9.17) is 0 Å². The van der Waals surface area contributed by atoms with Crippen molar-refractivity contribution in [3.63, 3.8) is 0 Å². The van der Waals surface area contributed by atoms with Crippen LogP contribution in [0.3, 0.4) is 0 Å². The third-order valence-electron chi connectivity index (χ3n) is 0.531. The van der Waals surface area contributed by atoms with Gasteiger partial charge in [-0.3, -0.25) is 0 Å². The van der Waals surface area contributed by atoms with Crippen LogP contribution in [0.2, 0.25) is 0 Å². The van der Waals surface area contributed by atoms with E-state index in [2.05, 4.69) is 10.6 Å². The van der Waals surface area contributed by atoms with Gasteiger partial charge in [-0.1, -0.05) is 0 Å². The van der Waals surface area contributed by atoms with Crippen molar-refractivity contribution in [1.82, 2.24) is 0 Å². The van der Waals surface area contributed by atoms with Crippen molar-refractivity contribution in [3.8, 4) is 0 Å². The van der Waals surface area contributed by atoms with Gasteiger partial charge in [-0.15, -0.1) is 0 Å². The maximum Gasteiger partial charge on any atom is 0.156 e. The molecule has 0 amide bonds. The summed E-state index contributed by atoms with van der Waals surface area (Å²) in [4.78, 5) is 0. The first-order valence-corrected chi connectivity index (χ1v) is 2.68. The molecule has 5 heavy (non-hydrogen) atoms. The van der Waals surface area contributed by atoms with Crippen LogP contribution in [0.1, 0.15) is 6.42 Å². The van der Waals surface area contributed by atoms with Crippen LogP contribution in [-0.4, -0.2) is 12.0 Å². The Balaban J connectivity index is 2.32. The number of hydrogen-bond acceptors (Lipinski definition) is 1. The zero-order valence-corrected chi connectivity index (χ0v) is 3.72. The molecule has 0 saturated heterocycles. The molecule has 0 bridgehead atoms. The predicted molar refractivity (Wildman–Crippen MR) is 24.1 cm³/mol. The highest BCUT2D eigenvalue weighted by Crippen LogP contribution is 1.86. The van der Waals surface area contributed by atoms with Crippen molar-refractivity contribution in [2.24, 2.45) is 0 Å². The Morgan fingerprint density at radius 2 is 2.80 bits per heavy atom. The fourth-order valence-corrected chi connectivity index (χ4v) is 0.884. The summed E-state index contributed by atoms with van der Waals surface area (Å²) in [5.41, 5.74) is 0. The Morgan fingerprint density at radius 3 is 3.00 bits per heavy atom. The second kappa shape index (κ2) is 1.45. The molecule has 28 valence electrons. The van der Waals surface area contributed by atoms with Gasteiger partial charge in [-0.2, -0.15) is 4.40 Å². The van der Waals surface area contributed by atoms with Crippen LogP contribution < -0.4 is 4.40 Å². The Hall–Kier alpha value is 0.0200. The molecule has 0 unspecified atom stereocenters. The normalized spacial score (nSPS) is 20.8. The lowest BCUT2D eigenvalue weighted by Gasteiger charge is -1.57. The average molecular weight is 88.2 g/mol. The lowest BCUT2D eigenvalue weighted by Crippen LogP contribution is -2.55.